The Bertz CT molecular complexity index is 574. The van der Waals surface area contributed by atoms with E-state index in [1.54, 1.807) is 31.4 Å². The lowest BCUT2D eigenvalue weighted by Crippen LogP contribution is -2.04. The molecule has 0 atom stereocenters. The largest absolute Gasteiger partial charge is 0.497 e. The topological polar surface area (TPSA) is 26.3 Å². The molecule has 0 amide bonds. The number of hydrogen-bond donors (Lipinski definition) is 0. The zero-order valence-electron chi connectivity index (χ0n) is 10.2. The number of methoxy groups -OCH3 is 1. The van der Waals surface area contributed by atoms with Gasteiger partial charge in [-0.25, -0.2) is 0 Å². The van der Waals surface area contributed by atoms with Gasteiger partial charge in [0.15, 0.2) is 5.78 Å². The Hall–Kier alpha value is -1.36. The van der Waals surface area contributed by atoms with Crippen molar-refractivity contribution in [1.29, 1.82) is 0 Å². The fraction of sp³-hybridized carbons (Fsp3) is 0.133. The number of benzene rings is 2. The predicted octanol–water partition coefficient (Wildman–Crippen LogP) is 3.84. The molecular formula is C15H13IO2. The second kappa shape index (κ2) is 5.52. The normalized spacial score (nSPS) is 10.2. The van der Waals surface area contributed by atoms with Crippen molar-refractivity contribution in [2.45, 2.75) is 6.92 Å². The molecule has 0 bridgehead atoms. The van der Waals surface area contributed by atoms with Gasteiger partial charge in [-0.3, -0.25) is 4.79 Å². The average molecular weight is 352 g/mol. The Kier molecular flexibility index (Phi) is 4.01. The van der Waals surface area contributed by atoms with Crippen molar-refractivity contribution in [3.63, 3.8) is 0 Å². The smallest absolute Gasteiger partial charge is 0.193 e. The van der Waals surface area contributed by atoms with Gasteiger partial charge in [-0.05, 0) is 71.5 Å². The lowest BCUT2D eigenvalue weighted by atomic mass is 9.99. The zero-order valence-corrected chi connectivity index (χ0v) is 12.4. The number of ketones is 1. The van der Waals surface area contributed by atoms with E-state index in [9.17, 15) is 4.79 Å². The summed E-state index contributed by atoms with van der Waals surface area (Å²) in [5.74, 6) is 0.805. The highest BCUT2D eigenvalue weighted by Gasteiger charge is 2.12. The van der Waals surface area contributed by atoms with E-state index in [0.29, 0.717) is 5.56 Å². The van der Waals surface area contributed by atoms with Crippen molar-refractivity contribution in [2.75, 3.05) is 7.11 Å². The number of aryl methyl sites for hydroxylation is 1. The van der Waals surface area contributed by atoms with Crippen LogP contribution in [0.2, 0.25) is 0 Å². The second-order valence-electron chi connectivity index (χ2n) is 4.02. The Morgan fingerprint density at radius 2 is 1.78 bits per heavy atom. The molecule has 2 aromatic carbocycles. The zero-order chi connectivity index (χ0) is 13.1. The Morgan fingerprint density at radius 3 is 2.39 bits per heavy atom. The maximum Gasteiger partial charge on any atom is 0.193 e. The lowest BCUT2D eigenvalue weighted by Gasteiger charge is -2.06. The number of rotatable bonds is 3. The third kappa shape index (κ3) is 2.72. The summed E-state index contributed by atoms with van der Waals surface area (Å²) in [5, 5.41) is 0. The Morgan fingerprint density at radius 1 is 1.11 bits per heavy atom. The van der Waals surface area contributed by atoms with Crippen molar-refractivity contribution < 1.29 is 9.53 Å². The van der Waals surface area contributed by atoms with Crippen molar-refractivity contribution >= 4 is 28.4 Å². The van der Waals surface area contributed by atoms with Crippen molar-refractivity contribution in [2.24, 2.45) is 0 Å². The fourth-order valence-corrected chi connectivity index (χ4v) is 2.23. The maximum absolute atomic E-state index is 12.4. The summed E-state index contributed by atoms with van der Waals surface area (Å²) in [4.78, 5) is 12.4. The van der Waals surface area contributed by atoms with E-state index in [-0.39, 0.29) is 5.78 Å². The van der Waals surface area contributed by atoms with Gasteiger partial charge in [0, 0.05) is 14.7 Å². The highest BCUT2D eigenvalue weighted by Crippen LogP contribution is 2.19. The summed E-state index contributed by atoms with van der Waals surface area (Å²) in [7, 11) is 1.61. The molecule has 0 aliphatic rings. The van der Waals surface area contributed by atoms with E-state index in [4.69, 9.17) is 4.74 Å². The number of carbonyl (C=O) groups is 1. The third-order valence-corrected chi connectivity index (χ3v) is 3.47. The van der Waals surface area contributed by atoms with Crippen LogP contribution in [0.3, 0.4) is 0 Å². The highest BCUT2D eigenvalue weighted by molar-refractivity contribution is 14.1. The van der Waals surface area contributed by atoms with Gasteiger partial charge in [-0.1, -0.05) is 6.07 Å². The van der Waals surface area contributed by atoms with Crippen molar-refractivity contribution in [3.8, 4) is 5.75 Å². The molecule has 0 aromatic heterocycles. The monoisotopic (exact) mass is 352 g/mol. The molecule has 0 saturated heterocycles. The van der Waals surface area contributed by atoms with E-state index >= 15 is 0 Å². The number of carbonyl (C=O) groups excluding carboxylic acids is 1. The van der Waals surface area contributed by atoms with Crippen LogP contribution < -0.4 is 4.74 Å². The van der Waals surface area contributed by atoms with Gasteiger partial charge < -0.3 is 4.74 Å². The van der Waals surface area contributed by atoms with E-state index in [1.807, 2.05) is 25.1 Å². The summed E-state index contributed by atoms with van der Waals surface area (Å²) in [6.45, 7) is 1.95. The molecule has 0 spiro atoms. The minimum Gasteiger partial charge on any atom is -0.497 e. The number of hydrogen-bond acceptors (Lipinski definition) is 2. The van der Waals surface area contributed by atoms with E-state index in [0.717, 1.165) is 20.4 Å². The molecule has 0 aliphatic carbocycles. The van der Waals surface area contributed by atoms with Gasteiger partial charge in [0.1, 0.15) is 5.75 Å². The first-order valence-corrected chi connectivity index (χ1v) is 6.64. The molecular weight excluding hydrogens is 339 g/mol. The molecule has 3 heteroatoms. The third-order valence-electron chi connectivity index (χ3n) is 2.80. The van der Waals surface area contributed by atoms with Crippen LogP contribution in [0.4, 0.5) is 0 Å². The van der Waals surface area contributed by atoms with Crippen LogP contribution >= 0.6 is 22.6 Å². The first-order chi connectivity index (χ1) is 8.61. The van der Waals surface area contributed by atoms with Crippen LogP contribution in [0.1, 0.15) is 21.5 Å². The van der Waals surface area contributed by atoms with Crippen LogP contribution in [0.5, 0.6) is 5.75 Å². The van der Waals surface area contributed by atoms with E-state index in [1.165, 1.54) is 0 Å². The molecule has 18 heavy (non-hydrogen) atoms. The molecule has 2 aromatic rings. The van der Waals surface area contributed by atoms with Gasteiger partial charge in [-0.2, -0.15) is 0 Å². The van der Waals surface area contributed by atoms with Gasteiger partial charge in [0.25, 0.3) is 0 Å². The van der Waals surface area contributed by atoms with Gasteiger partial charge in [-0.15, -0.1) is 0 Å². The van der Waals surface area contributed by atoms with Crippen LogP contribution in [-0.2, 0) is 0 Å². The van der Waals surface area contributed by atoms with Gasteiger partial charge in [0.05, 0.1) is 7.11 Å². The summed E-state index contributed by atoms with van der Waals surface area (Å²) >= 11 is 2.21. The first-order valence-electron chi connectivity index (χ1n) is 5.56. The average Bonchev–Trinajstić information content (AvgIpc) is 2.41. The minimum atomic E-state index is 0.0497. The Labute approximate surface area is 120 Å². The molecule has 0 heterocycles. The Balaban J connectivity index is 2.38. The van der Waals surface area contributed by atoms with Crippen LogP contribution in [0.15, 0.2) is 42.5 Å². The molecule has 0 fully saturated rings. The highest BCUT2D eigenvalue weighted by atomic mass is 127. The minimum absolute atomic E-state index is 0.0497. The summed E-state index contributed by atoms with van der Waals surface area (Å²) in [5.41, 5.74) is 2.43. The second-order valence-corrected chi connectivity index (χ2v) is 5.26. The van der Waals surface area contributed by atoms with Crippen LogP contribution in [-0.4, -0.2) is 12.9 Å². The molecule has 0 saturated carbocycles. The standard InChI is InChI=1S/C15H13IO2/c1-10-3-6-12(16)9-14(10)15(17)11-4-7-13(18-2)8-5-11/h3-9H,1-2H3. The van der Waals surface area contributed by atoms with Crippen molar-refractivity contribution in [3.05, 3.63) is 62.7 Å². The summed E-state index contributed by atoms with van der Waals surface area (Å²) < 4.78 is 6.15. The summed E-state index contributed by atoms with van der Waals surface area (Å²) in [6.07, 6.45) is 0. The summed E-state index contributed by atoms with van der Waals surface area (Å²) in [6, 6.07) is 13.1. The molecule has 0 N–H and O–H groups in total. The van der Waals surface area contributed by atoms with Crippen molar-refractivity contribution in [1.82, 2.24) is 0 Å². The molecule has 0 radical (unpaired) electrons. The molecule has 2 rings (SSSR count). The van der Waals surface area contributed by atoms with Crippen LogP contribution in [0.25, 0.3) is 0 Å². The first kappa shape index (κ1) is 13.1. The van der Waals surface area contributed by atoms with E-state index in [2.05, 4.69) is 22.6 Å². The molecule has 0 unspecified atom stereocenters. The van der Waals surface area contributed by atoms with Crippen LogP contribution in [0, 0.1) is 10.5 Å². The number of ether oxygens (including phenoxy) is 1. The fourth-order valence-electron chi connectivity index (χ4n) is 1.74. The van der Waals surface area contributed by atoms with Gasteiger partial charge >= 0.3 is 0 Å². The lowest BCUT2D eigenvalue weighted by molar-refractivity contribution is 0.103. The predicted molar refractivity (Wildman–Crippen MR) is 80.3 cm³/mol. The quantitative estimate of drug-likeness (QED) is 0.620. The molecule has 92 valence electrons. The van der Waals surface area contributed by atoms with Gasteiger partial charge in [0.2, 0.25) is 0 Å². The molecule has 0 aliphatic heterocycles. The SMILES string of the molecule is COc1ccc(C(=O)c2cc(I)ccc2C)cc1. The molecule has 2 nitrogen and oxygen atoms in total. The maximum atomic E-state index is 12.4. The number of halogens is 1. The van der Waals surface area contributed by atoms with E-state index < -0.39 is 0 Å².